The fourth-order valence-electron chi connectivity index (χ4n) is 7.48. The minimum atomic E-state index is -1.46. The molecule has 12 nitrogen and oxygen atoms in total. The number of fused-ring (bicyclic) bond motifs is 8. The van der Waals surface area contributed by atoms with Crippen LogP contribution in [-0.4, -0.2) is 95.4 Å². The molecule has 1 fully saturated rings. The first-order valence-corrected chi connectivity index (χ1v) is 14.1. The Balaban J connectivity index is 1.58. The molecular formula is C31H33N3O9. The Morgan fingerprint density at radius 3 is 2.53 bits per heavy atom. The number of allylic oxidation sites excluding steroid dienone is 3. The maximum atomic E-state index is 13.9. The number of carbonyl (C=O) groups excluding carboxylic acids is 3. The van der Waals surface area contributed by atoms with Gasteiger partial charge in [-0.15, -0.1) is 0 Å². The number of hydrogen-bond acceptors (Lipinski definition) is 12. The van der Waals surface area contributed by atoms with Crippen LogP contribution in [0.5, 0.6) is 17.2 Å². The van der Waals surface area contributed by atoms with Gasteiger partial charge in [0.05, 0.1) is 31.3 Å². The van der Waals surface area contributed by atoms with Crippen molar-refractivity contribution < 1.29 is 43.5 Å². The zero-order chi connectivity index (χ0) is 31.1. The average Bonchev–Trinajstić information content (AvgIpc) is 3.48. The van der Waals surface area contributed by atoms with Gasteiger partial charge in [-0.2, -0.15) is 5.26 Å². The molecule has 0 spiro atoms. The minimum absolute atomic E-state index is 0.0254. The van der Waals surface area contributed by atoms with Gasteiger partial charge in [-0.3, -0.25) is 19.4 Å². The number of aliphatic hydroxyl groups excluding tert-OH is 1. The summed E-state index contributed by atoms with van der Waals surface area (Å²) in [7, 11) is 3.03. The molecule has 0 unspecified atom stereocenters. The molecule has 12 heteroatoms. The van der Waals surface area contributed by atoms with E-state index >= 15 is 0 Å². The van der Waals surface area contributed by atoms with Crippen molar-refractivity contribution in [1.29, 1.82) is 5.26 Å². The van der Waals surface area contributed by atoms with Crippen molar-refractivity contribution in [3.05, 3.63) is 50.8 Å². The molecular weight excluding hydrogens is 558 g/mol. The summed E-state index contributed by atoms with van der Waals surface area (Å²) in [5.74, 6) is -0.937. The first-order valence-electron chi connectivity index (χ1n) is 14.1. The number of phenols is 1. The number of esters is 1. The van der Waals surface area contributed by atoms with Crippen LogP contribution in [0, 0.1) is 18.3 Å². The zero-order valence-electron chi connectivity index (χ0n) is 24.8. The number of ether oxygens (including phenoxy) is 4. The maximum absolute atomic E-state index is 13.9. The second kappa shape index (κ2) is 10.2. The molecule has 2 bridgehead atoms. The molecule has 0 radical (unpaired) electrons. The van der Waals surface area contributed by atoms with E-state index in [1.54, 1.807) is 38.8 Å². The van der Waals surface area contributed by atoms with Gasteiger partial charge >= 0.3 is 5.97 Å². The second-order valence-electron chi connectivity index (χ2n) is 11.5. The first kappa shape index (κ1) is 28.9. The normalized spacial score (nSPS) is 30.0. The molecule has 0 aromatic heterocycles. The predicted octanol–water partition coefficient (Wildman–Crippen LogP) is 1.52. The van der Waals surface area contributed by atoms with Crippen molar-refractivity contribution in [2.24, 2.45) is 0 Å². The van der Waals surface area contributed by atoms with Crippen LogP contribution in [0.25, 0.3) is 0 Å². The lowest BCUT2D eigenvalue weighted by molar-refractivity contribution is -0.146. The van der Waals surface area contributed by atoms with Gasteiger partial charge in [0.2, 0.25) is 12.6 Å². The molecule has 4 heterocycles. The molecule has 226 valence electrons. The summed E-state index contributed by atoms with van der Waals surface area (Å²) in [6.45, 7) is 6.24. The molecule has 1 saturated heterocycles. The number of ketones is 2. The Labute approximate surface area is 248 Å². The van der Waals surface area contributed by atoms with Crippen molar-refractivity contribution in [1.82, 2.24) is 9.80 Å². The van der Waals surface area contributed by atoms with E-state index in [1.165, 1.54) is 14.0 Å². The van der Waals surface area contributed by atoms with Crippen LogP contribution in [-0.2, 0) is 30.3 Å². The van der Waals surface area contributed by atoms with Crippen LogP contribution in [0.15, 0.2) is 34.1 Å². The smallest absolute Gasteiger partial charge is 0.333 e. The third kappa shape index (κ3) is 3.81. The summed E-state index contributed by atoms with van der Waals surface area (Å²) in [6.07, 6.45) is 0.329. The summed E-state index contributed by atoms with van der Waals surface area (Å²) in [4.78, 5) is 43.9. The van der Waals surface area contributed by atoms with Gasteiger partial charge in [-0.05, 0) is 41.2 Å². The molecule has 4 aliphatic heterocycles. The van der Waals surface area contributed by atoms with E-state index in [0.29, 0.717) is 33.8 Å². The van der Waals surface area contributed by atoms with E-state index in [-0.39, 0.29) is 48.0 Å². The molecule has 0 amide bonds. The number of nitrogens with zero attached hydrogens (tertiary/aromatic N) is 3. The van der Waals surface area contributed by atoms with E-state index in [1.807, 2.05) is 4.90 Å². The maximum Gasteiger partial charge on any atom is 0.333 e. The van der Waals surface area contributed by atoms with Crippen LogP contribution in [0.1, 0.15) is 43.5 Å². The van der Waals surface area contributed by atoms with Gasteiger partial charge in [-0.1, -0.05) is 6.08 Å². The summed E-state index contributed by atoms with van der Waals surface area (Å²) < 4.78 is 22.7. The first-order chi connectivity index (χ1) is 20.5. The number of hydrogen-bond donors (Lipinski definition) is 2. The quantitative estimate of drug-likeness (QED) is 0.296. The van der Waals surface area contributed by atoms with Gasteiger partial charge in [0.15, 0.2) is 23.0 Å². The van der Waals surface area contributed by atoms with E-state index in [2.05, 4.69) is 6.07 Å². The molecule has 2 N–H and O–H groups in total. The number of methoxy groups -OCH3 is 1. The van der Waals surface area contributed by atoms with Gasteiger partial charge in [-0.25, -0.2) is 4.79 Å². The van der Waals surface area contributed by atoms with Crippen molar-refractivity contribution >= 4 is 17.5 Å². The zero-order valence-corrected chi connectivity index (χ0v) is 24.8. The number of likely N-dealkylation sites (N-methyl/N-ethyl adjacent to an activating group) is 1. The standard InChI is InChI=1S/C31H33N3O9/c1-7-12(2)31(39)41-10-18-19-15(24(35)13(3)29-30(19)43-11-42-29)8-16-22-20-21(25(36)14(4)28(40-6)27(20)38)26(37)23(33(22)5)17(9-32)34(16)18/h7,16-18,22-23,26,35,37H,8,10-11H2,1-6H3/b12-7-/t16-,17-,18-,22-,23+,26-/m0/s1. The van der Waals surface area contributed by atoms with E-state index < -0.39 is 53.8 Å². The van der Waals surface area contributed by atoms with Gasteiger partial charge in [0.1, 0.15) is 24.5 Å². The number of nitriles is 1. The molecule has 0 saturated carbocycles. The summed E-state index contributed by atoms with van der Waals surface area (Å²) >= 11 is 0. The predicted molar refractivity (Wildman–Crippen MR) is 149 cm³/mol. The fraction of sp³-hybridized carbons (Fsp3) is 0.484. The lowest BCUT2D eigenvalue weighted by atomic mass is 9.67. The Morgan fingerprint density at radius 2 is 1.88 bits per heavy atom. The molecule has 43 heavy (non-hydrogen) atoms. The number of aromatic hydroxyl groups is 1. The fourth-order valence-corrected chi connectivity index (χ4v) is 7.48. The monoisotopic (exact) mass is 591 g/mol. The van der Waals surface area contributed by atoms with E-state index in [9.17, 15) is 29.9 Å². The molecule has 1 aliphatic carbocycles. The molecule has 6 atom stereocenters. The number of aliphatic hydroxyl groups is 1. The molecule has 1 aromatic rings. The van der Waals surface area contributed by atoms with Gasteiger partial charge in [0.25, 0.3) is 0 Å². The number of carbonyl (C=O) groups is 3. The highest BCUT2D eigenvalue weighted by Gasteiger charge is 2.61. The van der Waals surface area contributed by atoms with Gasteiger partial charge < -0.3 is 29.2 Å². The SMILES string of the molecule is C/C=C(/C)C(=O)OC[C@H]1c2c(c(O)c(C)c3c2OCO3)C[C@H]2[C@H]3C4=C(C(=O)C(C)=C(OC)C4=O)[C@H](O)[C@@H]([C@H](C#N)N12)N3C. The summed E-state index contributed by atoms with van der Waals surface area (Å²) in [6, 6.07) is -1.82. The van der Waals surface area contributed by atoms with Crippen LogP contribution in [0.3, 0.4) is 0 Å². The Hall–Kier alpha value is -4.18. The molecule has 1 aromatic carbocycles. The minimum Gasteiger partial charge on any atom is -0.507 e. The highest BCUT2D eigenvalue weighted by Crippen LogP contribution is 2.56. The van der Waals surface area contributed by atoms with E-state index in [4.69, 9.17) is 18.9 Å². The Bertz CT molecular complexity index is 1620. The highest BCUT2D eigenvalue weighted by atomic mass is 16.7. The van der Waals surface area contributed by atoms with E-state index in [0.717, 1.165) is 0 Å². The number of phenolic OH excluding ortho intramolecular Hbond substituents is 1. The lowest BCUT2D eigenvalue weighted by Gasteiger charge is -2.61. The summed E-state index contributed by atoms with van der Waals surface area (Å²) in [5, 5.41) is 33.8. The van der Waals surface area contributed by atoms with Gasteiger partial charge in [0, 0.05) is 45.0 Å². The third-order valence-corrected chi connectivity index (χ3v) is 9.62. The second-order valence-corrected chi connectivity index (χ2v) is 11.5. The number of piperazine rings is 1. The van der Waals surface area contributed by atoms with Crippen LogP contribution in [0.4, 0.5) is 0 Å². The summed E-state index contributed by atoms with van der Waals surface area (Å²) in [5.41, 5.74) is 2.06. The van der Waals surface area contributed by atoms with Crippen molar-refractivity contribution in [3.8, 4) is 23.3 Å². The molecule has 5 aliphatic rings. The highest BCUT2D eigenvalue weighted by molar-refractivity contribution is 6.25. The van der Waals surface area contributed by atoms with Crippen LogP contribution in [0.2, 0.25) is 0 Å². The van der Waals surface area contributed by atoms with Crippen molar-refractivity contribution in [2.45, 2.75) is 70.4 Å². The topological polar surface area (TPSA) is 159 Å². The number of Topliss-reactive ketones (excluding diaryl/α,β-unsaturated/α-hetero) is 2. The van der Waals surface area contributed by atoms with Crippen LogP contribution >= 0.6 is 0 Å². The largest absolute Gasteiger partial charge is 0.507 e. The lowest BCUT2D eigenvalue weighted by Crippen LogP contribution is -2.75. The number of rotatable bonds is 4. The van der Waals surface area contributed by atoms with Crippen molar-refractivity contribution in [3.63, 3.8) is 0 Å². The van der Waals surface area contributed by atoms with Crippen LogP contribution < -0.4 is 9.47 Å². The van der Waals surface area contributed by atoms with Crippen molar-refractivity contribution in [2.75, 3.05) is 27.6 Å². The third-order valence-electron chi connectivity index (χ3n) is 9.62. The Kier molecular flexibility index (Phi) is 6.87. The number of benzene rings is 1. The average molecular weight is 592 g/mol. The Morgan fingerprint density at radius 1 is 1.19 bits per heavy atom. The molecule has 6 rings (SSSR count).